The van der Waals surface area contributed by atoms with Gasteiger partial charge in [0.15, 0.2) is 0 Å². The Morgan fingerprint density at radius 3 is 2.50 bits per heavy atom. The SMILES string of the molecule is C[C@@H](O)c1ccc(N(C)Cc2ccncc2)cn1. The molecule has 2 aromatic rings. The quantitative estimate of drug-likeness (QED) is 0.894. The van der Waals surface area contributed by atoms with E-state index in [0.29, 0.717) is 5.69 Å². The lowest BCUT2D eigenvalue weighted by atomic mass is 10.2. The largest absolute Gasteiger partial charge is 0.387 e. The van der Waals surface area contributed by atoms with Crippen LogP contribution in [0.4, 0.5) is 5.69 Å². The number of pyridine rings is 2. The number of rotatable bonds is 4. The highest BCUT2D eigenvalue weighted by Gasteiger charge is 2.05. The van der Waals surface area contributed by atoms with Crippen molar-refractivity contribution in [2.75, 3.05) is 11.9 Å². The van der Waals surface area contributed by atoms with Gasteiger partial charge in [-0.2, -0.15) is 0 Å². The van der Waals surface area contributed by atoms with E-state index in [1.54, 1.807) is 25.5 Å². The van der Waals surface area contributed by atoms with E-state index in [1.165, 1.54) is 5.56 Å². The monoisotopic (exact) mass is 243 g/mol. The molecule has 0 aliphatic carbocycles. The van der Waals surface area contributed by atoms with Crippen LogP contribution in [0.1, 0.15) is 24.3 Å². The van der Waals surface area contributed by atoms with Crippen molar-refractivity contribution in [1.29, 1.82) is 0 Å². The first-order chi connectivity index (χ1) is 8.66. The highest BCUT2D eigenvalue weighted by molar-refractivity contribution is 5.44. The van der Waals surface area contributed by atoms with Crippen molar-refractivity contribution in [2.24, 2.45) is 0 Å². The summed E-state index contributed by atoms with van der Waals surface area (Å²) < 4.78 is 0. The number of aromatic nitrogens is 2. The van der Waals surface area contributed by atoms with Gasteiger partial charge in [-0.05, 0) is 36.8 Å². The Balaban J connectivity index is 2.07. The van der Waals surface area contributed by atoms with Crippen molar-refractivity contribution < 1.29 is 5.11 Å². The van der Waals surface area contributed by atoms with Crippen LogP contribution in [-0.4, -0.2) is 22.1 Å². The molecule has 1 N–H and O–H groups in total. The molecular weight excluding hydrogens is 226 g/mol. The molecule has 18 heavy (non-hydrogen) atoms. The van der Waals surface area contributed by atoms with Crippen molar-refractivity contribution in [2.45, 2.75) is 19.6 Å². The maximum Gasteiger partial charge on any atom is 0.0931 e. The Labute approximate surface area is 107 Å². The van der Waals surface area contributed by atoms with Crippen LogP contribution < -0.4 is 4.90 Å². The molecule has 0 radical (unpaired) electrons. The van der Waals surface area contributed by atoms with Crippen LogP contribution in [0, 0.1) is 0 Å². The number of nitrogens with zero attached hydrogens (tertiary/aromatic N) is 3. The van der Waals surface area contributed by atoms with Gasteiger partial charge in [0.25, 0.3) is 0 Å². The molecular formula is C14H17N3O. The third-order valence-corrected chi connectivity index (χ3v) is 2.81. The summed E-state index contributed by atoms with van der Waals surface area (Å²) in [5, 5.41) is 9.41. The second-order valence-corrected chi connectivity index (χ2v) is 4.33. The molecule has 1 atom stereocenters. The first-order valence-corrected chi connectivity index (χ1v) is 5.91. The minimum Gasteiger partial charge on any atom is -0.387 e. The van der Waals surface area contributed by atoms with E-state index in [1.807, 2.05) is 31.3 Å². The molecule has 0 spiro atoms. The lowest BCUT2D eigenvalue weighted by molar-refractivity contribution is 0.194. The summed E-state index contributed by atoms with van der Waals surface area (Å²) in [4.78, 5) is 10.3. The molecule has 2 aromatic heterocycles. The summed E-state index contributed by atoms with van der Waals surface area (Å²) in [5.41, 5.74) is 2.92. The maximum absolute atomic E-state index is 9.41. The van der Waals surface area contributed by atoms with Crippen molar-refractivity contribution in [3.8, 4) is 0 Å². The van der Waals surface area contributed by atoms with Crippen LogP contribution in [0.25, 0.3) is 0 Å². The zero-order valence-electron chi connectivity index (χ0n) is 10.6. The fourth-order valence-electron chi connectivity index (χ4n) is 1.72. The molecule has 0 aliphatic rings. The molecule has 4 heteroatoms. The molecule has 4 nitrogen and oxygen atoms in total. The predicted octanol–water partition coefficient (Wildman–Crippen LogP) is 2.17. The number of hydrogen-bond acceptors (Lipinski definition) is 4. The Hall–Kier alpha value is -1.94. The van der Waals surface area contributed by atoms with E-state index >= 15 is 0 Å². The van der Waals surface area contributed by atoms with Crippen molar-refractivity contribution in [1.82, 2.24) is 9.97 Å². The van der Waals surface area contributed by atoms with E-state index in [-0.39, 0.29) is 0 Å². The number of aliphatic hydroxyl groups is 1. The van der Waals surface area contributed by atoms with Crippen molar-refractivity contribution in [3.05, 3.63) is 54.1 Å². The van der Waals surface area contributed by atoms with Gasteiger partial charge >= 0.3 is 0 Å². The van der Waals surface area contributed by atoms with Crippen molar-refractivity contribution in [3.63, 3.8) is 0 Å². The van der Waals surface area contributed by atoms with Gasteiger partial charge in [0, 0.05) is 26.0 Å². The Morgan fingerprint density at radius 1 is 1.22 bits per heavy atom. The van der Waals surface area contributed by atoms with Gasteiger partial charge in [0.05, 0.1) is 23.7 Å². The minimum atomic E-state index is -0.524. The van der Waals surface area contributed by atoms with Gasteiger partial charge in [0.2, 0.25) is 0 Å². The first-order valence-electron chi connectivity index (χ1n) is 5.91. The second kappa shape index (κ2) is 5.60. The minimum absolute atomic E-state index is 0.524. The highest BCUT2D eigenvalue weighted by Crippen LogP contribution is 2.16. The van der Waals surface area contributed by atoms with E-state index in [9.17, 15) is 5.11 Å². The zero-order valence-corrected chi connectivity index (χ0v) is 10.6. The number of aliphatic hydroxyl groups excluding tert-OH is 1. The molecule has 0 unspecified atom stereocenters. The third-order valence-electron chi connectivity index (χ3n) is 2.81. The van der Waals surface area contributed by atoms with E-state index in [0.717, 1.165) is 12.2 Å². The molecule has 0 bridgehead atoms. The third kappa shape index (κ3) is 3.05. The first kappa shape index (κ1) is 12.5. The van der Waals surface area contributed by atoms with Crippen LogP contribution in [0.5, 0.6) is 0 Å². The average molecular weight is 243 g/mol. The predicted molar refractivity (Wildman–Crippen MR) is 71.2 cm³/mol. The topological polar surface area (TPSA) is 49.2 Å². The summed E-state index contributed by atoms with van der Waals surface area (Å²) in [5.74, 6) is 0. The standard InChI is InChI=1S/C14H17N3O/c1-11(18)14-4-3-13(9-16-14)17(2)10-12-5-7-15-8-6-12/h3-9,11,18H,10H2,1-2H3/t11-/m1/s1. The second-order valence-electron chi connectivity index (χ2n) is 4.33. The van der Waals surface area contributed by atoms with Gasteiger partial charge in [-0.15, -0.1) is 0 Å². The van der Waals surface area contributed by atoms with Gasteiger partial charge in [-0.25, -0.2) is 0 Å². The molecule has 2 heterocycles. The molecule has 2 rings (SSSR count). The van der Waals surface area contributed by atoms with Crippen LogP contribution >= 0.6 is 0 Å². The number of hydrogen-bond donors (Lipinski definition) is 1. The summed E-state index contributed by atoms with van der Waals surface area (Å²) in [7, 11) is 2.01. The number of anilines is 1. The Morgan fingerprint density at radius 2 is 1.94 bits per heavy atom. The molecule has 0 saturated carbocycles. The summed E-state index contributed by atoms with van der Waals surface area (Å²) in [6, 6.07) is 7.81. The molecule has 0 amide bonds. The fraction of sp³-hybridized carbons (Fsp3) is 0.286. The molecule has 0 fully saturated rings. The van der Waals surface area contributed by atoms with Gasteiger partial charge in [-0.1, -0.05) is 0 Å². The van der Waals surface area contributed by atoms with Gasteiger partial charge in [-0.3, -0.25) is 9.97 Å². The Kier molecular flexibility index (Phi) is 3.89. The fourth-order valence-corrected chi connectivity index (χ4v) is 1.72. The smallest absolute Gasteiger partial charge is 0.0931 e. The maximum atomic E-state index is 9.41. The van der Waals surface area contributed by atoms with E-state index < -0.39 is 6.10 Å². The summed E-state index contributed by atoms with van der Waals surface area (Å²) >= 11 is 0. The highest BCUT2D eigenvalue weighted by atomic mass is 16.3. The van der Waals surface area contributed by atoms with Crippen molar-refractivity contribution >= 4 is 5.69 Å². The van der Waals surface area contributed by atoms with Crippen LogP contribution in [-0.2, 0) is 6.54 Å². The Bertz CT molecular complexity index is 482. The van der Waals surface area contributed by atoms with Crippen LogP contribution in [0.3, 0.4) is 0 Å². The van der Waals surface area contributed by atoms with Gasteiger partial charge in [0.1, 0.15) is 0 Å². The molecule has 0 aromatic carbocycles. The lowest BCUT2D eigenvalue weighted by Crippen LogP contribution is -2.16. The van der Waals surface area contributed by atoms with Gasteiger partial charge < -0.3 is 10.0 Å². The van der Waals surface area contributed by atoms with Crippen LogP contribution in [0.2, 0.25) is 0 Å². The van der Waals surface area contributed by atoms with E-state index in [2.05, 4.69) is 14.9 Å². The van der Waals surface area contributed by atoms with Crippen LogP contribution in [0.15, 0.2) is 42.9 Å². The van der Waals surface area contributed by atoms with E-state index in [4.69, 9.17) is 0 Å². The normalized spacial score (nSPS) is 12.2. The average Bonchev–Trinajstić information content (AvgIpc) is 2.40. The lowest BCUT2D eigenvalue weighted by Gasteiger charge is -2.19. The molecule has 0 aliphatic heterocycles. The zero-order chi connectivity index (χ0) is 13.0. The summed E-state index contributed by atoms with van der Waals surface area (Å²) in [6.45, 7) is 2.51. The molecule has 94 valence electrons. The summed E-state index contributed by atoms with van der Waals surface area (Å²) in [6.07, 6.45) is 4.84. The molecule has 0 saturated heterocycles.